The molecule has 2 rings (SSSR count). The highest BCUT2D eigenvalue weighted by Crippen LogP contribution is 2.13. The maximum absolute atomic E-state index is 5.71. The van der Waals surface area contributed by atoms with Crippen molar-refractivity contribution in [2.75, 3.05) is 0 Å². The van der Waals surface area contributed by atoms with Gasteiger partial charge in [0.2, 0.25) is 0 Å². The Morgan fingerprint density at radius 3 is 2.38 bits per heavy atom. The first kappa shape index (κ1) is 15.7. The molecule has 0 fully saturated rings. The zero-order valence-electron chi connectivity index (χ0n) is 13.2. The summed E-state index contributed by atoms with van der Waals surface area (Å²) in [5.41, 5.74) is 9.24. The van der Waals surface area contributed by atoms with E-state index in [2.05, 4.69) is 61.5 Å². The average molecular weight is 283 g/mol. The number of hydrogen-bond donors (Lipinski definition) is 2. The predicted octanol–water partition coefficient (Wildman–Crippen LogP) is 2.88. The molecule has 1 aromatic heterocycles. The van der Waals surface area contributed by atoms with Crippen molar-refractivity contribution in [2.24, 2.45) is 5.84 Å². The number of hydrogen-bond acceptors (Lipinski definition) is 3. The van der Waals surface area contributed by atoms with Crippen molar-refractivity contribution in [1.82, 2.24) is 10.4 Å². The molecule has 3 N–H and O–H groups in total. The van der Waals surface area contributed by atoms with Gasteiger partial charge in [-0.15, -0.1) is 0 Å². The molecule has 3 heteroatoms. The number of hydrazine groups is 1. The van der Waals surface area contributed by atoms with Crippen molar-refractivity contribution in [3.63, 3.8) is 0 Å². The van der Waals surface area contributed by atoms with Crippen LogP contribution in [0.15, 0.2) is 36.5 Å². The van der Waals surface area contributed by atoms with Crippen LogP contribution >= 0.6 is 0 Å². The van der Waals surface area contributed by atoms with Crippen molar-refractivity contribution in [1.29, 1.82) is 0 Å². The Morgan fingerprint density at radius 1 is 1.05 bits per heavy atom. The molecule has 0 bridgehead atoms. The van der Waals surface area contributed by atoms with Crippen LogP contribution in [0.1, 0.15) is 34.9 Å². The van der Waals surface area contributed by atoms with Gasteiger partial charge in [0.15, 0.2) is 0 Å². The molecule has 1 unspecified atom stereocenters. The lowest BCUT2D eigenvalue weighted by atomic mass is 9.98. The molecular weight excluding hydrogens is 258 g/mol. The van der Waals surface area contributed by atoms with Crippen LogP contribution in [0.2, 0.25) is 0 Å². The van der Waals surface area contributed by atoms with Crippen LogP contribution < -0.4 is 11.3 Å². The van der Waals surface area contributed by atoms with Crippen molar-refractivity contribution in [2.45, 2.75) is 46.1 Å². The number of nitrogens with zero attached hydrogens (tertiary/aromatic N) is 1. The van der Waals surface area contributed by atoms with Gasteiger partial charge in [0, 0.05) is 24.4 Å². The minimum Gasteiger partial charge on any atom is -0.271 e. The Balaban J connectivity index is 2.03. The Hall–Kier alpha value is -1.71. The summed E-state index contributed by atoms with van der Waals surface area (Å²) in [6, 6.07) is 11.0. The number of nitrogens with one attached hydrogen (secondary N) is 1. The number of aryl methyl sites for hydroxylation is 3. The molecule has 1 atom stereocenters. The topological polar surface area (TPSA) is 50.9 Å². The zero-order chi connectivity index (χ0) is 15.2. The summed E-state index contributed by atoms with van der Waals surface area (Å²) in [6.45, 7) is 6.42. The Labute approximate surface area is 127 Å². The van der Waals surface area contributed by atoms with E-state index < -0.39 is 0 Å². The Morgan fingerprint density at radius 2 is 1.81 bits per heavy atom. The Kier molecular flexibility index (Phi) is 5.48. The summed E-state index contributed by atoms with van der Waals surface area (Å²) in [6.07, 6.45) is 4.73. The van der Waals surface area contributed by atoms with Gasteiger partial charge in [-0.1, -0.05) is 31.2 Å². The molecule has 1 aromatic carbocycles. The Bertz CT molecular complexity index is 576. The summed E-state index contributed by atoms with van der Waals surface area (Å²) in [5, 5.41) is 0. The second kappa shape index (κ2) is 7.34. The van der Waals surface area contributed by atoms with Gasteiger partial charge >= 0.3 is 0 Å². The standard InChI is InChI=1S/C18H25N3/c1-4-15-7-8-17(20-12-15)11-18(21-19)10-16-6-5-13(2)14(3)9-16/h5-9,12,18,21H,4,10-11,19H2,1-3H3. The SMILES string of the molecule is CCc1ccc(CC(Cc2ccc(C)c(C)c2)NN)nc1. The largest absolute Gasteiger partial charge is 0.271 e. The molecule has 0 saturated heterocycles. The van der Waals surface area contributed by atoms with Gasteiger partial charge in [0.05, 0.1) is 0 Å². The van der Waals surface area contributed by atoms with E-state index in [1.807, 2.05) is 6.20 Å². The van der Waals surface area contributed by atoms with Gasteiger partial charge in [-0.25, -0.2) is 0 Å². The summed E-state index contributed by atoms with van der Waals surface area (Å²) < 4.78 is 0. The molecule has 21 heavy (non-hydrogen) atoms. The van der Waals surface area contributed by atoms with E-state index in [1.165, 1.54) is 22.3 Å². The molecule has 0 aliphatic carbocycles. The highest BCUT2D eigenvalue weighted by atomic mass is 15.2. The van der Waals surface area contributed by atoms with E-state index in [9.17, 15) is 0 Å². The summed E-state index contributed by atoms with van der Waals surface area (Å²) in [7, 11) is 0. The van der Waals surface area contributed by atoms with E-state index in [0.717, 1.165) is 25.0 Å². The average Bonchev–Trinajstić information content (AvgIpc) is 2.51. The smallest absolute Gasteiger partial charge is 0.0419 e. The summed E-state index contributed by atoms with van der Waals surface area (Å²) in [5.74, 6) is 5.71. The molecule has 0 saturated carbocycles. The van der Waals surface area contributed by atoms with Crippen molar-refractivity contribution < 1.29 is 0 Å². The minimum absolute atomic E-state index is 0.201. The summed E-state index contributed by atoms with van der Waals surface area (Å²) in [4.78, 5) is 4.52. The summed E-state index contributed by atoms with van der Waals surface area (Å²) >= 11 is 0. The normalized spacial score (nSPS) is 12.4. The molecule has 0 amide bonds. The van der Waals surface area contributed by atoms with Crippen LogP contribution in [0.25, 0.3) is 0 Å². The molecule has 2 aromatic rings. The van der Waals surface area contributed by atoms with Crippen molar-refractivity contribution >= 4 is 0 Å². The van der Waals surface area contributed by atoms with E-state index in [-0.39, 0.29) is 6.04 Å². The third-order valence-corrected chi connectivity index (χ3v) is 4.04. The highest BCUT2D eigenvalue weighted by Gasteiger charge is 2.10. The van der Waals surface area contributed by atoms with E-state index in [0.29, 0.717) is 0 Å². The molecular formula is C18H25N3. The quantitative estimate of drug-likeness (QED) is 0.633. The van der Waals surface area contributed by atoms with Gasteiger partial charge in [0.25, 0.3) is 0 Å². The van der Waals surface area contributed by atoms with Crippen molar-refractivity contribution in [3.8, 4) is 0 Å². The van der Waals surface area contributed by atoms with Crippen LogP contribution in [0.3, 0.4) is 0 Å². The number of benzene rings is 1. The molecule has 0 aliphatic heterocycles. The third kappa shape index (κ3) is 4.38. The number of aromatic nitrogens is 1. The first-order chi connectivity index (χ1) is 10.1. The van der Waals surface area contributed by atoms with Gasteiger partial charge in [-0.05, 0) is 55.0 Å². The second-order valence-electron chi connectivity index (χ2n) is 5.70. The van der Waals surface area contributed by atoms with Crippen LogP contribution in [0.4, 0.5) is 0 Å². The molecule has 0 aliphatic rings. The van der Waals surface area contributed by atoms with Crippen LogP contribution in [0.5, 0.6) is 0 Å². The fourth-order valence-corrected chi connectivity index (χ4v) is 2.44. The first-order valence-electron chi connectivity index (χ1n) is 7.58. The number of rotatable bonds is 6. The lowest BCUT2D eigenvalue weighted by Crippen LogP contribution is -2.38. The van der Waals surface area contributed by atoms with Gasteiger partial charge in [-0.2, -0.15) is 0 Å². The molecule has 1 heterocycles. The van der Waals surface area contributed by atoms with Crippen LogP contribution in [-0.2, 0) is 19.3 Å². The number of nitrogens with two attached hydrogens (primary N) is 1. The highest BCUT2D eigenvalue weighted by molar-refractivity contribution is 5.30. The first-order valence-corrected chi connectivity index (χ1v) is 7.58. The predicted molar refractivity (Wildman–Crippen MR) is 88.1 cm³/mol. The molecule has 3 nitrogen and oxygen atoms in total. The maximum Gasteiger partial charge on any atom is 0.0419 e. The van der Waals surface area contributed by atoms with Crippen LogP contribution in [-0.4, -0.2) is 11.0 Å². The third-order valence-electron chi connectivity index (χ3n) is 4.04. The molecule has 0 radical (unpaired) electrons. The number of pyridine rings is 1. The van der Waals surface area contributed by atoms with Crippen LogP contribution in [0, 0.1) is 13.8 Å². The molecule has 0 spiro atoms. The van der Waals surface area contributed by atoms with Gasteiger partial charge < -0.3 is 0 Å². The molecule has 112 valence electrons. The minimum atomic E-state index is 0.201. The zero-order valence-corrected chi connectivity index (χ0v) is 13.2. The second-order valence-corrected chi connectivity index (χ2v) is 5.70. The van der Waals surface area contributed by atoms with Gasteiger partial charge in [-0.3, -0.25) is 16.3 Å². The fourth-order valence-electron chi connectivity index (χ4n) is 2.44. The van der Waals surface area contributed by atoms with E-state index in [1.54, 1.807) is 0 Å². The van der Waals surface area contributed by atoms with Crippen molar-refractivity contribution in [3.05, 3.63) is 64.5 Å². The lowest BCUT2D eigenvalue weighted by molar-refractivity contribution is 0.517. The lowest BCUT2D eigenvalue weighted by Gasteiger charge is -2.16. The van der Waals surface area contributed by atoms with E-state index in [4.69, 9.17) is 5.84 Å². The van der Waals surface area contributed by atoms with Gasteiger partial charge in [0.1, 0.15) is 0 Å². The van der Waals surface area contributed by atoms with E-state index >= 15 is 0 Å². The maximum atomic E-state index is 5.71. The monoisotopic (exact) mass is 283 g/mol. The fraction of sp³-hybridized carbons (Fsp3) is 0.389.